The van der Waals surface area contributed by atoms with Crippen molar-refractivity contribution in [3.8, 4) is 11.3 Å². The van der Waals surface area contributed by atoms with Gasteiger partial charge in [0.25, 0.3) is 6.01 Å². The number of anilines is 2. The van der Waals surface area contributed by atoms with Gasteiger partial charge >= 0.3 is 0 Å². The van der Waals surface area contributed by atoms with E-state index in [2.05, 4.69) is 10.3 Å². The summed E-state index contributed by atoms with van der Waals surface area (Å²) in [6.45, 7) is 2.00. The molecule has 0 saturated heterocycles. The summed E-state index contributed by atoms with van der Waals surface area (Å²) in [4.78, 5) is 4.13. The number of para-hydroxylation sites is 1. The minimum Gasteiger partial charge on any atom is -0.423 e. The summed E-state index contributed by atoms with van der Waals surface area (Å²) in [7, 11) is 0. The molecule has 0 atom stereocenters. The van der Waals surface area contributed by atoms with Crippen LogP contribution in [-0.4, -0.2) is 4.98 Å². The standard InChI is InChI=1S/C16H13FN2O/c1-11-6-2-3-7-12(11)15-10-18-16(20-15)19-14-9-5-4-8-13(14)17/h2-10H,1H3,(H,18,19). The first-order valence-corrected chi connectivity index (χ1v) is 6.27. The molecule has 100 valence electrons. The number of rotatable bonds is 3. The molecule has 0 spiro atoms. The van der Waals surface area contributed by atoms with Gasteiger partial charge in [0.2, 0.25) is 0 Å². The molecular formula is C16H13FN2O. The lowest BCUT2D eigenvalue weighted by atomic mass is 10.1. The third-order valence-corrected chi connectivity index (χ3v) is 3.03. The van der Waals surface area contributed by atoms with Crippen LogP contribution in [0.4, 0.5) is 16.1 Å². The van der Waals surface area contributed by atoms with Gasteiger partial charge in [0.15, 0.2) is 5.76 Å². The quantitative estimate of drug-likeness (QED) is 0.758. The van der Waals surface area contributed by atoms with Gasteiger partial charge in [0.1, 0.15) is 5.82 Å². The molecule has 0 aliphatic rings. The van der Waals surface area contributed by atoms with Crippen molar-refractivity contribution in [2.24, 2.45) is 0 Å². The second-order valence-corrected chi connectivity index (χ2v) is 4.45. The lowest BCUT2D eigenvalue weighted by Gasteiger charge is -2.03. The molecule has 1 aromatic heterocycles. The van der Waals surface area contributed by atoms with Gasteiger partial charge in [0, 0.05) is 5.56 Å². The highest BCUT2D eigenvalue weighted by atomic mass is 19.1. The van der Waals surface area contributed by atoms with Gasteiger partial charge in [-0.25, -0.2) is 9.37 Å². The van der Waals surface area contributed by atoms with Crippen molar-refractivity contribution in [3.05, 3.63) is 66.1 Å². The third-order valence-electron chi connectivity index (χ3n) is 3.03. The number of hydrogen-bond acceptors (Lipinski definition) is 3. The normalized spacial score (nSPS) is 10.5. The zero-order chi connectivity index (χ0) is 13.9. The fourth-order valence-corrected chi connectivity index (χ4v) is 1.98. The van der Waals surface area contributed by atoms with Gasteiger partial charge in [-0.15, -0.1) is 0 Å². The second-order valence-electron chi connectivity index (χ2n) is 4.45. The Hall–Kier alpha value is -2.62. The molecule has 2 aromatic carbocycles. The molecule has 0 fully saturated rings. The molecular weight excluding hydrogens is 255 g/mol. The van der Waals surface area contributed by atoms with E-state index < -0.39 is 0 Å². The first-order valence-electron chi connectivity index (χ1n) is 6.27. The predicted molar refractivity (Wildman–Crippen MR) is 76.4 cm³/mol. The smallest absolute Gasteiger partial charge is 0.299 e. The maximum absolute atomic E-state index is 13.5. The van der Waals surface area contributed by atoms with Gasteiger partial charge in [-0.2, -0.15) is 0 Å². The molecule has 3 rings (SSSR count). The first kappa shape index (κ1) is 12.4. The minimum atomic E-state index is -0.344. The van der Waals surface area contributed by atoms with Crippen molar-refractivity contribution < 1.29 is 8.81 Å². The Bertz CT molecular complexity index is 737. The molecule has 20 heavy (non-hydrogen) atoms. The molecule has 0 bridgehead atoms. The summed E-state index contributed by atoms with van der Waals surface area (Å²) in [5.41, 5.74) is 2.41. The molecule has 1 N–H and O–H groups in total. The average molecular weight is 268 g/mol. The minimum absolute atomic E-state index is 0.272. The fraction of sp³-hybridized carbons (Fsp3) is 0.0625. The van der Waals surface area contributed by atoms with E-state index in [9.17, 15) is 4.39 Å². The van der Waals surface area contributed by atoms with Crippen LogP contribution in [0.15, 0.2) is 59.1 Å². The van der Waals surface area contributed by atoms with E-state index in [1.54, 1.807) is 24.4 Å². The summed E-state index contributed by atoms with van der Waals surface area (Å²) in [6.07, 6.45) is 1.63. The molecule has 3 nitrogen and oxygen atoms in total. The van der Waals surface area contributed by atoms with Crippen LogP contribution in [0, 0.1) is 12.7 Å². The summed E-state index contributed by atoms with van der Waals surface area (Å²) in [5.74, 6) is 0.310. The highest BCUT2D eigenvalue weighted by Gasteiger charge is 2.09. The number of hydrogen-bond donors (Lipinski definition) is 1. The number of oxazole rings is 1. The molecule has 0 saturated carbocycles. The molecule has 0 aliphatic carbocycles. The van der Waals surface area contributed by atoms with Crippen molar-refractivity contribution >= 4 is 11.7 Å². The number of halogens is 1. The third kappa shape index (κ3) is 2.40. The topological polar surface area (TPSA) is 38.1 Å². The summed E-state index contributed by atoms with van der Waals surface area (Å²) < 4.78 is 19.2. The maximum atomic E-state index is 13.5. The Morgan fingerprint density at radius 2 is 1.80 bits per heavy atom. The Morgan fingerprint density at radius 1 is 1.05 bits per heavy atom. The molecule has 0 unspecified atom stereocenters. The van der Waals surface area contributed by atoms with Gasteiger partial charge in [-0.05, 0) is 24.6 Å². The Kier molecular flexibility index (Phi) is 3.21. The lowest BCUT2D eigenvalue weighted by Crippen LogP contribution is -1.92. The fourth-order valence-electron chi connectivity index (χ4n) is 1.98. The highest BCUT2D eigenvalue weighted by molar-refractivity contribution is 5.63. The molecule has 0 radical (unpaired) electrons. The molecule has 4 heteroatoms. The summed E-state index contributed by atoms with van der Waals surface area (Å²) >= 11 is 0. The van der Waals surface area contributed by atoms with Crippen molar-refractivity contribution in [2.75, 3.05) is 5.32 Å². The summed E-state index contributed by atoms with van der Waals surface area (Å²) in [6, 6.07) is 14.5. The Labute approximate surface area is 116 Å². The van der Waals surface area contributed by atoms with Crippen molar-refractivity contribution in [2.45, 2.75) is 6.92 Å². The van der Waals surface area contributed by atoms with Crippen LogP contribution in [0.5, 0.6) is 0 Å². The zero-order valence-corrected chi connectivity index (χ0v) is 10.9. The maximum Gasteiger partial charge on any atom is 0.299 e. The van der Waals surface area contributed by atoms with Crippen molar-refractivity contribution in [1.82, 2.24) is 4.98 Å². The number of nitrogens with one attached hydrogen (secondary N) is 1. The molecule has 3 aromatic rings. The van der Waals surface area contributed by atoms with Crippen LogP contribution in [0.25, 0.3) is 11.3 Å². The van der Waals surface area contributed by atoms with Crippen LogP contribution in [-0.2, 0) is 0 Å². The van der Waals surface area contributed by atoms with Crippen LogP contribution in [0.2, 0.25) is 0 Å². The van der Waals surface area contributed by atoms with E-state index in [0.717, 1.165) is 11.1 Å². The van der Waals surface area contributed by atoms with E-state index in [1.807, 2.05) is 31.2 Å². The highest BCUT2D eigenvalue weighted by Crippen LogP contribution is 2.27. The number of nitrogens with zero attached hydrogens (tertiary/aromatic N) is 1. The van der Waals surface area contributed by atoms with Gasteiger partial charge < -0.3 is 9.73 Å². The van der Waals surface area contributed by atoms with Crippen LogP contribution < -0.4 is 5.32 Å². The SMILES string of the molecule is Cc1ccccc1-c1cnc(Nc2ccccc2F)o1. The van der Waals surface area contributed by atoms with E-state index in [-0.39, 0.29) is 11.8 Å². The monoisotopic (exact) mass is 268 g/mol. The van der Waals surface area contributed by atoms with Crippen LogP contribution >= 0.6 is 0 Å². The molecule has 0 aliphatic heterocycles. The van der Waals surface area contributed by atoms with E-state index >= 15 is 0 Å². The number of aromatic nitrogens is 1. The van der Waals surface area contributed by atoms with Crippen LogP contribution in [0.1, 0.15) is 5.56 Å². The second kappa shape index (κ2) is 5.17. The van der Waals surface area contributed by atoms with Gasteiger partial charge in [0.05, 0.1) is 11.9 Å². The summed E-state index contributed by atoms with van der Waals surface area (Å²) in [5, 5.41) is 2.83. The Balaban J connectivity index is 1.88. The molecule has 1 heterocycles. The number of aryl methyl sites for hydroxylation is 1. The van der Waals surface area contributed by atoms with Crippen molar-refractivity contribution in [1.29, 1.82) is 0 Å². The predicted octanol–water partition coefficient (Wildman–Crippen LogP) is 4.53. The van der Waals surface area contributed by atoms with E-state index in [1.165, 1.54) is 6.07 Å². The largest absolute Gasteiger partial charge is 0.423 e. The van der Waals surface area contributed by atoms with E-state index in [0.29, 0.717) is 11.4 Å². The van der Waals surface area contributed by atoms with Gasteiger partial charge in [-0.1, -0.05) is 36.4 Å². The number of benzene rings is 2. The average Bonchev–Trinajstić information content (AvgIpc) is 2.90. The molecule has 0 amide bonds. The van der Waals surface area contributed by atoms with E-state index in [4.69, 9.17) is 4.42 Å². The first-order chi connectivity index (χ1) is 9.74. The van der Waals surface area contributed by atoms with Gasteiger partial charge in [-0.3, -0.25) is 0 Å². The van der Waals surface area contributed by atoms with Crippen LogP contribution in [0.3, 0.4) is 0 Å². The lowest BCUT2D eigenvalue weighted by molar-refractivity contribution is 0.587. The van der Waals surface area contributed by atoms with Crippen molar-refractivity contribution in [3.63, 3.8) is 0 Å². The zero-order valence-electron chi connectivity index (χ0n) is 10.9. The Morgan fingerprint density at radius 3 is 2.60 bits per heavy atom.